The summed E-state index contributed by atoms with van der Waals surface area (Å²) in [5, 5.41) is 19.4. The summed E-state index contributed by atoms with van der Waals surface area (Å²) in [4.78, 5) is 13.2. The number of nitrogens with two attached hydrogens (primary N) is 1. The second-order valence-corrected chi connectivity index (χ2v) is 5.61. The molecule has 0 spiro atoms. The van der Waals surface area contributed by atoms with Gasteiger partial charge in [-0.2, -0.15) is 5.26 Å². The van der Waals surface area contributed by atoms with E-state index in [4.69, 9.17) is 11.0 Å². The van der Waals surface area contributed by atoms with Crippen molar-refractivity contribution < 1.29 is 9.90 Å². The molecule has 0 unspecified atom stereocenters. The number of aliphatic hydroxyl groups is 1. The van der Waals surface area contributed by atoms with E-state index in [1.807, 2.05) is 11.0 Å². The lowest BCUT2D eigenvalue weighted by atomic mass is 9.91. The molecule has 1 heterocycles. The number of hydrogen-bond acceptors (Lipinski definition) is 4. The van der Waals surface area contributed by atoms with Gasteiger partial charge in [-0.3, -0.25) is 4.79 Å². The van der Waals surface area contributed by atoms with Gasteiger partial charge in [0, 0.05) is 11.0 Å². The zero-order valence-corrected chi connectivity index (χ0v) is 11.9. The molecule has 1 saturated heterocycles. The Morgan fingerprint density at radius 2 is 2.32 bits per heavy atom. The third-order valence-electron chi connectivity index (χ3n) is 3.35. The topological polar surface area (TPSA) is 90.3 Å². The summed E-state index contributed by atoms with van der Waals surface area (Å²) >= 11 is 3.31. The average molecular weight is 324 g/mol. The van der Waals surface area contributed by atoms with Gasteiger partial charge in [0.2, 0.25) is 0 Å². The number of β-amino-alcohol motifs (C(OH)–C–C–N with tert-alkyl or cyclic N) is 1. The predicted octanol–water partition coefficient (Wildman–Crippen LogP) is 1.14. The first kappa shape index (κ1) is 13.8. The van der Waals surface area contributed by atoms with Crippen molar-refractivity contribution in [1.82, 2.24) is 0 Å². The zero-order valence-electron chi connectivity index (χ0n) is 10.3. The van der Waals surface area contributed by atoms with Crippen LogP contribution in [0, 0.1) is 11.3 Å². The number of primary amides is 1. The second kappa shape index (κ2) is 5.19. The molecule has 5 nitrogen and oxygen atoms in total. The number of amides is 1. The van der Waals surface area contributed by atoms with Crippen LogP contribution in [0.25, 0.3) is 0 Å². The Kier molecular flexibility index (Phi) is 3.78. The highest BCUT2D eigenvalue weighted by atomic mass is 79.9. The van der Waals surface area contributed by atoms with E-state index in [0.29, 0.717) is 30.6 Å². The Bertz CT molecular complexity index is 555. The number of carbonyl (C=O) groups is 1. The SMILES string of the molecule is N#Cc1cc(Br)ccc1N1CCC[C@](O)(C(N)=O)C1. The maximum atomic E-state index is 11.3. The third-order valence-corrected chi connectivity index (χ3v) is 3.84. The Morgan fingerprint density at radius 3 is 2.95 bits per heavy atom. The monoisotopic (exact) mass is 323 g/mol. The molecule has 0 aromatic heterocycles. The van der Waals surface area contributed by atoms with E-state index in [-0.39, 0.29) is 6.54 Å². The minimum atomic E-state index is -1.52. The van der Waals surface area contributed by atoms with Crippen LogP contribution in [0.2, 0.25) is 0 Å². The van der Waals surface area contributed by atoms with Gasteiger partial charge in [-0.15, -0.1) is 0 Å². The summed E-state index contributed by atoms with van der Waals surface area (Å²) in [6.07, 6.45) is 1.01. The Morgan fingerprint density at radius 1 is 1.58 bits per heavy atom. The van der Waals surface area contributed by atoms with Gasteiger partial charge in [0.25, 0.3) is 5.91 Å². The number of hydrogen-bond donors (Lipinski definition) is 2. The number of halogens is 1. The van der Waals surface area contributed by atoms with E-state index < -0.39 is 11.5 Å². The molecule has 0 bridgehead atoms. The molecule has 1 aromatic rings. The van der Waals surface area contributed by atoms with Gasteiger partial charge in [0.1, 0.15) is 6.07 Å². The van der Waals surface area contributed by atoms with Crippen LogP contribution in [0.5, 0.6) is 0 Å². The summed E-state index contributed by atoms with van der Waals surface area (Å²) < 4.78 is 0.815. The number of nitrogens with zero attached hydrogens (tertiary/aromatic N) is 2. The molecule has 3 N–H and O–H groups in total. The van der Waals surface area contributed by atoms with Crippen LogP contribution in [0.3, 0.4) is 0 Å². The highest BCUT2D eigenvalue weighted by Gasteiger charge is 2.39. The van der Waals surface area contributed by atoms with Crippen LogP contribution < -0.4 is 10.6 Å². The summed E-state index contributed by atoms with van der Waals surface area (Å²) in [7, 11) is 0. The zero-order chi connectivity index (χ0) is 14.0. The van der Waals surface area contributed by atoms with Gasteiger partial charge in [0.05, 0.1) is 17.8 Å². The molecule has 100 valence electrons. The quantitative estimate of drug-likeness (QED) is 0.853. The standard InChI is InChI=1S/C13H14BrN3O2/c14-10-2-3-11(9(6-10)7-15)17-5-1-4-13(19,8-17)12(16)18/h2-3,6,19H,1,4-5,8H2,(H2,16,18)/t13-/m1/s1. The first-order chi connectivity index (χ1) is 8.96. The number of piperidine rings is 1. The number of benzene rings is 1. The highest BCUT2D eigenvalue weighted by Crippen LogP contribution is 2.29. The summed E-state index contributed by atoms with van der Waals surface area (Å²) in [6.45, 7) is 0.810. The molecule has 1 atom stereocenters. The normalized spacial score (nSPS) is 22.9. The molecule has 19 heavy (non-hydrogen) atoms. The maximum Gasteiger partial charge on any atom is 0.251 e. The minimum Gasteiger partial charge on any atom is -0.378 e. The number of anilines is 1. The first-order valence-corrected chi connectivity index (χ1v) is 6.72. The summed E-state index contributed by atoms with van der Waals surface area (Å²) in [6, 6.07) is 7.46. The Labute approximate surface area is 119 Å². The number of carbonyl (C=O) groups excluding carboxylic acids is 1. The summed E-state index contributed by atoms with van der Waals surface area (Å²) in [5.74, 6) is -0.715. The number of nitriles is 1. The molecule has 1 aliphatic heterocycles. The predicted molar refractivity (Wildman–Crippen MR) is 74.4 cm³/mol. The average Bonchev–Trinajstić information content (AvgIpc) is 2.38. The van der Waals surface area contributed by atoms with E-state index in [1.54, 1.807) is 12.1 Å². The Hall–Kier alpha value is -1.58. The van der Waals surface area contributed by atoms with Gasteiger partial charge in [-0.25, -0.2) is 0 Å². The maximum absolute atomic E-state index is 11.3. The van der Waals surface area contributed by atoms with Gasteiger partial charge in [0.15, 0.2) is 5.60 Å². The lowest BCUT2D eigenvalue weighted by molar-refractivity contribution is -0.137. The lowest BCUT2D eigenvalue weighted by Crippen LogP contribution is -2.56. The van der Waals surface area contributed by atoms with Crippen molar-refractivity contribution in [2.24, 2.45) is 5.73 Å². The molecule has 0 radical (unpaired) electrons. The van der Waals surface area contributed by atoms with Crippen LogP contribution in [-0.2, 0) is 4.79 Å². The van der Waals surface area contributed by atoms with E-state index in [1.165, 1.54) is 0 Å². The van der Waals surface area contributed by atoms with Gasteiger partial charge in [-0.05, 0) is 31.0 Å². The van der Waals surface area contributed by atoms with Crippen molar-refractivity contribution in [2.75, 3.05) is 18.0 Å². The summed E-state index contributed by atoms with van der Waals surface area (Å²) in [5.41, 5.74) is 4.95. The van der Waals surface area contributed by atoms with Crippen molar-refractivity contribution in [3.63, 3.8) is 0 Å². The van der Waals surface area contributed by atoms with Crippen molar-refractivity contribution >= 4 is 27.5 Å². The van der Waals surface area contributed by atoms with Crippen molar-refractivity contribution in [3.8, 4) is 6.07 Å². The molecule has 1 fully saturated rings. The van der Waals surface area contributed by atoms with Crippen molar-refractivity contribution in [1.29, 1.82) is 5.26 Å². The van der Waals surface area contributed by atoms with Gasteiger partial charge in [-0.1, -0.05) is 15.9 Å². The molecule has 1 amide bonds. The molecule has 1 aromatic carbocycles. The second-order valence-electron chi connectivity index (χ2n) is 4.69. The fraction of sp³-hybridized carbons (Fsp3) is 0.385. The Balaban J connectivity index is 2.33. The van der Waals surface area contributed by atoms with Crippen LogP contribution in [-0.4, -0.2) is 29.7 Å². The van der Waals surface area contributed by atoms with E-state index in [2.05, 4.69) is 22.0 Å². The van der Waals surface area contributed by atoms with Gasteiger partial charge >= 0.3 is 0 Å². The molecule has 6 heteroatoms. The number of rotatable bonds is 2. The van der Waals surface area contributed by atoms with Gasteiger partial charge < -0.3 is 15.7 Å². The molecule has 2 rings (SSSR count). The van der Waals surface area contributed by atoms with E-state index in [0.717, 1.165) is 4.47 Å². The van der Waals surface area contributed by atoms with Crippen LogP contribution in [0.4, 0.5) is 5.69 Å². The van der Waals surface area contributed by atoms with Crippen molar-refractivity contribution in [2.45, 2.75) is 18.4 Å². The largest absolute Gasteiger partial charge is 0.378 e. The molecular formula is C13H14BrN3O2. The lowest BCUT2D eigenvalue weighted by Gasteiger charge is -2.38. The molecule has 0 aliphatic carbocycles. The van der Waals surface area contributed by atoms with E-state index >= 15 is 0 Å². The minimum absolute atomic E-state index is 0.124. The smallest absolute Gasteiger partial charge is 0.251 e. The van der Waals surface area contributed by atoms with Crippen molar-refractivity contribution in [3.05, 3.63) is 28.2 Å². The molecule has 0 saturated carbocycles. The third kappa shape index (κ3) is 2.72. The van der Waals surface area contributed by atoms with Crippen LogP contribution >= 0.6 is 15.9 Å². The van der Waals surface area contributed by atoms with Crippen LogP contribution in [0.1, 0.15) is 18.4 Å². The van der Waals surface area contributed by atoms with Crippen LogP contribution in [0.15, 0.2) is 22.7 Å². The highest BCUT2D eigenvalue weighted by molar-refractivity contribution is 9.10. The fourth-order valence-corrected chi connectivity index (χ4v) is 2.68. The molecular weight excluding hydrogens is 310 g/mol. The van der Waals surface area contributed by atoms with E-state index in [9.17, 15) is 9.90 Å². The first-order valence-electron chi connectivity index (χ1n) is 5.93. The fourth-order valence-electron chi connectivity index (χ4n) is 2.32. The molecule has 1 aliphatic rings.